The van der Waals surface area contributed by atoms with Crippen molar-refractivity contribution in [1.29, 1.82) is 0 Å². The van der Waals surface area contributed by atoms with E-state index in [0.717, 1.165) is 10.6 Å². The van der Waals surface area contributed by atoms with Crippen molar-refractivity contribution in [3.63, 3.8) is 0 Å². The Bertz CT molecular complexity index is 643. The number of carbonyl (C=O) groups excluding carboxylic acids is 2. The molecule has 3 rings (SSSR count). The van der Waals surface area contributed by atoms with Gasteiger partial charge in [-0.1, -0.05) is 12.1 Å². The summed E-state index contributed by atoms with van der Waals surface area (Å²) in [6, 6.07) is 9.57. The largest absolute Gasteiger partial charge is 0.351 e. The molecular weight excluding hydrogens is 298 g/mol. The Hall–Kier alpha value is -2.21. The van der Waals surface area contributed by atoms with Gasteiger partial charge in [0.2, 0.25) is 11.8 Å². The molecule has 0 saturated carbocycles. The van der Waals surface area contributed by atoms with Gasteiger partial charge < -0.3 is 10.2 Å². The molecule has 1 aliphatic rings. The van der Waals surface area contributed by atoms with Crippen molar-refractivity contribution >= 4 is 23.2 Å². The van der Waals surface area contributed by atoms with Gasteiger partial charge in [-0.15, -0.1) is 11.3 Å². The monoisotopic (exact) mass is 315 g/mol. The summed E-state index contributed by atoms with van der Waals surface area (Å²) in [5.74, 6) is -0.302. The van der Waals surface area contributed by atoms with Crippen LogP contribution in [0.2, 0.25) is 0 Å². The van der Waals surface area contributed by atoms with E-state index in [1.165, 1.54) is 0 Å². The fourth-order valence-corrected chi connectivity index (χ4v) is 3.16. The molecule has 2 aromatic heterocycles. The lowest BCUT2D eigenvalue weighted by molar-refractivity contribution is -0.129. The van der Waals surface area contributed by atoms with Gasteiger partial charge in [0, 0.05) is 24.0 Å². The van der Waals surface area contributed by atoms with Crippen molar-refractivity contribution in [1.82, 2.24) is 15.2 Å². The molecule has 0 aliphatic carbocycles. The highest BCUT2D eigenvalue weighted by Gasteiger charge is 2.34. The zero-order chi connectivity index (χ0) is 15.4. The molecule has 0 bridgehead atoms. The van der Waals surface area contributed by atoms with Gasteiger partial charge in [0.1, 0.15) is 0 Å². The Morgan fingerprint density at radius 2 is 2.27 bits per heavy atom. The maximum absolute atomic E-state index is 12.2. The van der Waals surface area contributed by atoms with E-state index in [4.69, 9.17) is 0 Å². The molecule has 1 saturated heterocycles. The van der Waals surface area contributed by atoms with Gasteiger partial charge >= 0.3 is 0 Å². The number of thiophene rings is 1. The number of aromatic nitrogens is 1. The van der Waals surface area contributed by atoms with E-state index in [2.05, 4.69) is 10.3 Å². The fraction of sp³-hybridized carbons (Fsp3) is 0.312. The molecule has 22 heavy (non-hydrogen) atoms. The predicted molar refractivity (Wildman–Crippen MR) is 83.9 cm³/mol. The van der Waals surface area contributed by atoms with Crippen LogP contribution in [0.15, 0.2) is 41.9 Å². The third-order valence-corrected chi connectivity index (χ3v) is 4.56. The number of nitrogens with zero attached hydrogens (tertiary/aromatic N) is 2. The van der Waals surface area contributed by atoms with Crippen molar-refractivity contribution in [2.24, 2.45) is 5.92 Å². The van der Waals surface area contributed by atoms with Crippen molar-refractivity contribution in [2.45, 2.75) is 19.5 Å². The van der Waals surface area contributed by atoms with E-state index in [1.807, 2.05) is 35.7 Å². The number of amides is 2. The molecule has 3 heterocycles. The van der Waals surface area contributed by atoms with Crippen molar-refractivity contribution in [3.8, 4) is 0 Å². The Balaban J connectivity index is 1.53. The standard InChI is InChI=1S/C16H17N3O2S/c20-15-8-12(16(21)18-9-14-5-3-7-22-14)10-19(15)11-13-4-1-2-6-17-13/h1-7,12H,8-11H2,(H,18,21)/t12-/m1/s1. The molecule has 0 spiro atoms. The number of hydrogen-bond donors (Lipinski definition) is 1. The molecule has 1 fully saturated rings. The number of rotatable bonds is 5. The topological polar surface area (TPSA) is 62.3 Å². The molecule has 5 nitrogen and oxygen atoms in total. The van der Waals surface area contributed by atoms with E-state index >= 15 is 0 Å². The van der Waals surface area contributed by atoms with Crippen molar-refractivity contribution < 1.29 is 9.59 Å². The van der Waals surface area contributed by atoms with Gasteiger partial charge in [0.25, 0.3) is 0 Å². The normalized spacial score (nSPS) is 17.7. The summed E-state index contributed by atoms with van der Waals surface area (Å²) in [6.07, 6.45) is 1.99. The predicted octanol–water partition coefficient (Wildman–Crippen LogP) is 1.81. The maximum atomic E-state index is 12.2. The highest BCUT2D eigenvalue weighted by atomic mass is 32.1. The molecule has 6 heteroatoms. The summed E-state index contributed by atoms with van der Waals surface area (Å²) >= 11 is 1.61. The highest BCUT2D eigenvalue weighted by molar-refractivity contribution is 7.09. The summed E-state index contributed by atoms with van der Waals surface area (Å²) < 4.78 is 0. The van der Waals surface area contributed by atoms with Gasteiger partial charge in [-0.2, -0.15) is 0 Å². The van der Waals surface area contributed by atoms with Crippen LogP contribution in [0.3, 0.4) is 0 Å². The first-order valence-electron chi connectivity index (χ1n) is 7.20. The minimum Gasteiger partial charge on any atom is -0.351 e. The van der Waals surface area contributed by atoms with Gasteiger partial charge in [0.15, 0.2) is 0 Å². The van der Waals surface area contributed by atoms with Crippen LogP contribution in [-0.4, -0.2) is 28.2 Å². The number of pyridine rings is 1. The summed E-state index contributed by atoms with van der Waals surface area (Å²) in [4.78, 5) is 31.3. The number of nitrogens with one attached hydrogen (secondary N) is 1. The highest BCUT2D eigenvalue weighted by Crippen LogP contribution is 2.20. The summed E-state index contributed by atoms with van der Waals surface area (Å²) in [6.45, 7) is 1.46. The number of hydrogen-bond acceptors (Lipinski definition) is 4. The van der Waals surface area contributed by atoms with Crippen LogP contribution >= 0.6 is 11.3 Å². The Kier molecular flexibility index (Phi) is 4.48. The quantitative estimate of drug-likeness (QED) is 0.915. The van der Waals surface area contributed by atoms with Gasteiger partial charge in [-0.25, -0.2) is 0 Å². The van der Waals surface area contributed by atoms with Crippen LogP contribution < -0.4 is 5.32 Å². The summed E-state index contributed by atoms with van der Waals surface area (Å²) in [5, 5.41) is 4.89. The summed E-state index contributed by atoms with van der Waals surface area (Å²) in [5.41, 5.74) is 0.843. The molecule has 0 aromatic carbocycles. The third-order valence-electron chi connectivity index (χ3n) is 3.68. The lowest BCUT2D eigenvalue weighted by atomic mass is 10.1. The SMILES string of the molecule is O=C(NCc1cccs1)[C@@H]1CC(=O)N(Cc2ccccn2)C1. The van der Waals surface area contributed by atoms with E-state index in [-0.39, 0.29) is 24.2 Å². The second kappa shape index (κ2) is 6.70. The molecular formula is C16H17N3O2S. The van der Waals surface area contributed by atoms with Crippen LogP contribution in [0.5, 0.6) is 0 Å². The van der Waals surface area contributed by atoms with Crippen molar-refractivity contribution in [2.75, 3.05) is 6.54 Å². The minimum absolute atomic E-state index is 0.0157. The van der Waals surface area contributed by atoms with Crippen molar-refractivity contribution in [3.05, 3.63) is 52.5 Å². The maximum Gasteiger partial charge on any atom is 0.225 e. The molecule has 1 atom stereocenters. The van der Waals surface area contributed by atoms with E-state index in [0.29, 0.717) is 19.6 Å². The van der Waals surface area contributed by atoms with E-state index in [1.54, 1.807) is 22.4 Å². The van der Waals surface area contributed by atoms with Gasteiger partial charge in [-0.3, -0.25) is 14.6 Å². The first-order valence-corrected chi connectivity index (χ1v) is 8.08. The second-order valence-corrected chi connectivity index (χ2v) is 6.33. The Labute approximate surface area is 133 Å². The first kappa shape index (κ1) is 14.7. The second-order valence-electron chi connectivity index (χ2n) is 5.29. The van der Waals surface area contributed by atoms with Crippen LogP contribution in [-0.2, 0) is 22.7 Å². The van der Waals surface area contributed by atoms with Gasteiger partial charge in [0.05, 0.1) is 24.7 Å². The minimum atomic E-state index is -0.267. The third kappa shape index (κ3) is 3.51. The van der Waals surface area contributed by atoms with E-state index in [9.17, 15) is 9.59 Å². The zero-order valence-electron chi connectivity index (χ0n) is 12.1. The molecule has 2 amide bonds. The molecule has 0 radical (unpaired) electrons. The van der Waals surface area contributed by atoms with Crippen LogP contribution in [0.25, 0.3) is 0 Å². The van der Waals surface area contributed by atoms with Crippen LogP contribution in [0, 0.1) is 5.92 Å². The zero-order valence-corrected chi connectivity index (χ0v) is 12.9. The fourth-order valence-electron chi connectivity index (χ4n) is 2.52. The smallest absolute Gasteiger partial charge is 0.225 e. The van der Waals surface area contributed by atoms with Crippen LogP contribution in [0.4, 0.5) is 0 Å². The molecule has 2 aromatic rings. The molecule has 114 valence electrons. The first-order chi connectivity index (χ1) is 10.7. The van der Waals surface area contributed by atoms with E-state index < -0.39 is 0 Å². The van der Waals surface area contributed by atoms with Gasteiger partial charge in [-0.05, 0) is 23.6 Å². The Morgan fingerprint density at radius 1 is 1.36 bits per heavy atom. The Morgan fingerprint density at radius 3 is 3.00 bits per heavy atom. The number of likely N-dealkylation sites (tertiary alicyclic amines) is 1. The molecule has 1 aliphatic heterocycles. The number of carbonyl (C=O) groups is 2. The average molecular weight is 315 g/mol. The van der Waals surface area contributed by atoms with Crippen LogP contribution in [0.1, 0.15) is 17.0 Å². The molecule has 1 N–H and O–H groups in total. The lowest BCUT2D eigenvalue weighted by Gasteiger charge is -2.16. The average Bonchev–Trinajstić information content (AvgIpc) is 3.16. The molecule has 0 unspecified atom stereocenters. The lowest BCUT2D eigenvalue weighted by Crippen LogP contribution is -2.32. The summed E-state index contributed by atoms with van der Waals surface area (Å²) in [7, 11) is 0.